The standard InChI is InChI=1S/C19H20ClN3OS/c1-11-4-9-17(24)16(22-11)10-21-12(2)18-13(3)23-19(25-18)14-5-7-15(20)8-6-14/h4-9,12,21,24H,10H2,1-3H3. The smallest absolute Gasteiger partial charge is 0.138 e. The Morgan fingerprint density at radius 1 is 1.12 bits per heavy atom. The van der Waals surface area contributed by atoms with Crippen molar-refractivity contribution in [1.29, 1.82) is 0 Å². The fourth-order valence-corrected chi connectivity index (χ4v) is 3.83. The molecule has 130 valence electrons. The number of nitrogens with one attached hydrogen (secondary N) is 1. The van der Waals surface area contributed by atoms with Crippen LogP contribution in [0, 0.1) is 13.8 Å². The Bertz CT molecular complexity index is 877. The van der Waals surface area contributed by atoms with Gasteiger partial charge in [-0.1, -0.05) is 23.7 Å². The first-order chi connectivity index (χ1) is 11.9. The van der Waals surface area contributed by atoms with E-state index in [2.05, 4.69) is 22.2 Å². The number of benzene rings is 1. The monoisotopic (exact) mass is 373 g/mol. The van der Waals surface area contributed by atoms with E-state index < -0.39 is 0 Å². The number of pyridine rings is 1. The Morgan fingerprint density at radius 3 is 2.56 bits per heavy atom. The Hall–Kier alpha value is -1.95. The molecular weight excluding hydrogens is 354 g/mol. The van der Waals surface area contributed by atoms with Crippen LogP contribution >= 0.6 is 22.9 Å². The summed E-state index contributed by atoms with van der Waals surface area (Å²) in [7, 11) is 0. The molecule has 0 spiro atoms. The number of aryl methyl sites for hydroxylation is 2. The molecule has 3 rings (SSSR count). The van der Waals surface area contributed by atoms with Crippen LogP contribution in [0.5, 0.6) is 5.75 Å². The van der Waals surface area contributed by atoms with Crippen molar-refractivity contribution in [3.8, 4) is 16.3 Å². The molecule has 0 saturated heterocycles. The predicted octanol–water partition coefficient (Wildman–Crippen LogP) is 5.03. The van der Waals surface area contributed by atoms with E-state index in [9.17, 15) is 5.11 Å². The van der Waals surface area contributed by atoms with Crippen molar-refractivity contribution in [2.24, 2.45) is 0 Å². The summed E-state index contributed by atoms with van der Waals surface area (Å²) < 4.78 is 0. The van der Waals surface area contributed by atoms with Crippen molar-refractivity contribution in [3.63, 3.8) is 0 Å². The van der Waals surface area contributed by atoms with E-state index in [0.717, 1.165) is 27.0 Å². The van der Waals surface area contributed by atoms with Crippen molar-refractivity contribution in [3.05, 3.63) is 63.4 Å². The number of rotatable bonds is 5. The van der Waals surface area contributed by atoms with Crippen LogP contribution in [0.4, 0.5) is 0 Å². The maximum Gasteiger partial charge on any atom is 0.138 e. The topological polar surface area (TPSA) is 58.0 Å². The third-order valence-corrected chi connectivity index (χ3v) is 5.62. The molecule has 4 nitrogen and oxygen atoms in total. The molecule has 0 aliphatic rings. The summed E-state index contributed by atoms with van der Waals surface area (Å²) in [6.07, 6.45) is 0. The van der Waals surface area contributed by atoms with E-state index in [1.807, 2.05) is 38.1 Å². The first-order valence-corrected chi connectivity index (χ1v) is 9.25. The molecule has 2 heterocycles. The minimum atomic E-state index is 0.111. The van der Waals surface area contributed by atoms with Crippen LogP contribution in [-0.4, -0.2) is 15.1 Å². The van der Waals surface area contributed by atoms with Crippen LogP contribution in [0.2, 0.25) is 5.02 Å². The number of hydrogen-bond donors (Lipinski definition) is 2. The zero-order valence-corrected chi connectivity index (χ0v) is 15.9. The maximum atomic E-state index is 9.93. The Labute approximate surface area is 156 Å². The largest absolute Gasteiger partial charge is 0.506 e. The molecule has 25 heavy (non-hydrogen) atoms. The molecule has 0 fully saturated rings. The number of aromatic nitrogens is 2. The molecule has 0 amide bonds. The van der Waals surface area contributed by atoms with Crippen molar-refractivity contribution in [1.82, 2.24) is 15.3 Å². The van der Waals surface area contributed by atoms with Gasteiger partial charge >= 0.3 is 0 Å². The summed E-state index contributed by atoms with van der Waals surface area (Å²) in [5, 5.41) is 15.1. The van der Waals surface area contributed by atoms with Crippen molar-refractivity contribution >= 4 is 22.9 Å². The summed E-state index contributed by atoms with van der Waals surface area (Å²) in [6, 6.07) is 11.3. The molecule has 2 aromatic heterocycles. The highest BCUT2D eigenvalue weighted by molar-refractivity contribution is 7.15. The molecule has 2 N–H and O–H groups in total. The van der Waals surface area contributed by atoms with Gasteiger partial charge in [0.25, 0.3) is 0 Å². The zero-order valence-electron chi connectivity index (χ0n) is 14.4. The quantitative estimate of drug-likeness (QED) is 0.658. The Balaban J connectivity index is 1.75. The second-order valence-electron chi connectivity index (χ2n) is 6.00. The van der Waals surface area contributed by atoms with Crippen LogP contribution < -0.4 is 5.32 Å². The maximum absolute atomic E-state index is 9.93. The van der Waals surface area contributed by atoms with Crippen molar-refractivity contribution in [2.45, 2.75) is 33.4 Å². The number of aromatic hydroxyl groups is 1. The highest BCUT2D eigenvalue weighted by Gasteiger charge is 2.16. The highest BCUT2D eigenvalue weighted by Crippen LogP contribution is 2.32. The van der Waals surface area contributed by atoms with Crippen LogP contribution in [0.1, 0.15) is 34.9 Å². The van der Waals surface area contributed by atoms with Gasteiger partial charge in [-0.3, -0.25) is 4.98 Å². The Kier molecular flexibility index (Phi) is 5.37. The molecule has 0 radical (unpaired) electrons. The van der Waals surface area contributed by atoms with Gasteiger partial charge in [0.05, 0.1) is 11.4 Å². The first-order valence-electron chi connectivity index (χ1n) is 8.06. The second-order valence-corrected chi connectivity index (χ2v) is 7.46. The normalized spacial score (nSPS) is 12.3. The van der Waals surface area contributed by atoms with E-state index in [4.69, 9.17) is 11.6 Å². The first kappa shape index (κ1) is 17.9. The van der Waals surface area contributed by atoms with Gasteiger partial charge in [0.1, 0.15) is 10.8 Å². The minimum absolute atomic E-state index is 0.111. The van der Waals surface area contributed by atoms with Crippen molar-refractivity contribution < 1.29 is 5.11 Å². The van der Waals surface area contributed by atoms with E-state index in [0.29, 0.717) is 12.2 Å². The summed E-state index contributed by atoms with van der Waals surface area (Å²) in [5.41, 5.74) is 3.62. The van der Waals surface area contributed by atoms with Gasteiger partial charge in [-0.2, -0.15) is 0 Å². The van der Waals surface area contributed by atoms with Crippen LogP contribution in [0.3, 0.4) is 0 Å². The molecule has 1 atom stereocenters. The SMILES string of the molecule is Cc1ccc(O)c(CNC(C)c2sc(-c3ccc(Cl)cc3)nc2C)n1. The fourth-order valence-electron chi connectivity index (χ4n) is 2.60. The van der Waals surface area contributed by atoms with Gasteiger partial charge in [-0.25, -0.2) is 4.98 Å². The number of thiazole rings is 1. The van der Waals surface area contributed by atoms with Crippen molar-refractivity contribution in [2.75, 3.05) is 0 Å². The molecule has 0 aliphatic carbocycles. The molecular formula is C19H20ClN3OS. The Morgan fingerprint density at radius 2 is 1.84 bits per heavy atom. The summed E-state index contributed by atoms with van der Waals surface area (Å²) in [6.45, 7) is 6.53. The van der Waals surface area contributed by atoms with Crippen LogP contribution in [0.15, 0.2) is 36.4 Å². The van der Waals surface area contributed by atoms with E-state index >= 15 is 0 Å². The zero-order chi connectivity index (χ0) is 18.0. The third kappa shape index (κ3) is 4.18. The summed E-state index contributed by atoms with van der Waals surface area (Å²) >= 11 is 7.63. The van der Waals surface area contributed by atoms with Gasteiger partial charge in [0.15, 0.2) is 0 Å². The average Bonchev–Trinajstić information content (AvgIpc) is 2.98. The lowest BCUT2D eigenvalue weighted by Gasteiger charge is -2.13. The molecule has 0 bridgehead atoms. The van der Waals surface area contributed by atoms with E-state index in [1.54, 1.807) is 23.5 Å². The lowest BCUT2D eigenvalue weighted by Crippen LogP contribution is -2.18. The van der Waals surface area contributed by atoms with Gasteiger partial charge < -0.3 is 10.4 Å². The molecule has 0 aliphatic heterocycles. The van der Waals surface area contributed by atoms with E-state index in [1.165, 1.54) is 4.88 Å². The average molecular weight is 374 g/mol. The highest BCUT2D eigenvalue weighted by atomic mass is 35.5. The summed E-state index contributed by atoms with van der Waals surface area (Å²) in [5.74, 6) is 0.216. The fraction of sp³-hybridized carbons (Fsp3) is 0.263. The van der Waals surface area contributed by atoms with Gasteiger partial charge in [-0.05, 0) is 45.0 Å². The predicted molar refractivity (Wildman–Crippen MR) is 103 cm³/mol. The lowest BCUT2D eigenvalue weighted by molar-refractivity contribution is 0.454. The summed E-state index contributed by atoms with van der Waals surface area (Å²) in [4.78, 5) is 10.3. The molecule has 6 heteroatoms. The minimum Gasteiger partial charge on any atom is -0.506 e. The van der Waals surface area contributed by atoms with Gasteiger partial charge in [0, 0.05) is 33.7 Å². The molecule has 0 saturated carbocycles. The molecule has 3 aromatic rings. The number of nitrogens with zero attached hydrogens (tertiary/aromatic N) is 2. The van der Waals surface area contributed by atoms with Gasteiger partial charge in [-0.15, -0.1) is 11.3 Å². The molecule has 1 unspecified atom stereocenters. The second kappa shape index (κ2) is 7.52. The van der Waals surface area contributed by atoms with Crippen LogP contribution in [-0.2, 0) is 6.54 Å². The van der Waals surface area contributed by atoms with Crippen LogP contribution in [0.25, 0.3) is 10.6 Å². The molecule has 1 aromatic carbocycles. The third-order valence-electron chi connectivity index (χ3n) is 3.98. The number of halogens is 1. The van der Waals surface area contributed by atoms with E-state index in [-0.39, 0.29) is 11.8 Å². The van der Waals surface area contributed by atoms with Gasteiger partial charge in [0.2, 0.25) is 0 Å². The lowest BCUT2D eigenvalue weighted by atomic mass is 10.2. The number of hydrogen-bond acceptors (Lipinski definition) is 5.